The lowest BCUT2D eigenvalue weighted by Gasteiger charge is -2.32. The lowest BCUT2D eigenvalue weighted by molar-refractivity contribution is -0.126. The summed E-state index contributed by atoms with van der Waals surface area (Å²) in [5, 5.41) is 6.32. The SMILES string of the molecule is COc1cccc(C(CNC(=O)C(C)C2CNC2)N(C)C)c1.Cl.Cl. The molecule has 1 amide bonds. The van der Waals surface area contributed by atoms with Crippen molar-refractivity contribution in [1.82, 2.24) is 15.5 Å². The van der Waals surface area contributed by atoms with Gasteiger partial charge in [0.1, 0.15) is 5.75 Å². The summed E-state index contributed by atoms with van der Waals surface area (Å²) in [6, 6.07) is 8.13. The molecule has 1 aromatic rings. The maximum absolute atomic E-state index is 12.3. The molecule has 0 bridgehead atoms. The molecule has 7 heteroatoms. The van der Waals surface area contributed by atoms with Crippen LogP contribution in [0.15, 0.2) is 24.3 Å². The Morgan fingerprint density at radius 2 is 2.04 bits per heavy atom. The van der Waals surface area contributed by atoms with E-state index >= 15 is 0 Å². The molecule has 24 heavy (non-hydrogen) atoms. The van der Waals surface area contributed by atoms with Crippen LogP contribution in [0.2, 0.25) is 0 Å². The van der Waals surface area contributed by atoms with Gasteiger partial charge in [0, 0.05) is 12.5 Å². The number of halogens is 2. The number of amides is 1. The predicted molar refractivity (Wildman–Crippen MR) is 102 cm³/mol. The van der Waals surface area contributed by atoms with Crippen LogP contribution in [-0.4, -0.2) is 51.6 Å². The summed E-state index contributed by atoms with van der Waals surface area (Å²) in [6.07, 6.45) is 0. The van der Waals surface area contributed by atoms with E-state index in [0.29, 0.717) is 12.5 Å². The molecule has 2 N–H and O–H groups in total. The van der Waals surface area contributed by atoms with Gasteiger partial charge in [-0.05, 0) is 50.8 Å². The molecule has 1 saturated heterocycles. The van der Waals surface area contributed by atoms with Gasteiger partial charge in [-0.3, -0.25) is 4.79 Å². The first-order chi connectivity index (χ1) is 10.5. The van der Waals surface area contributed by atoms with E-state index in [0.717, 1.165) is 24.4 Å². The molecule has 0 radical (unpaired) electrons. The van der Waals surface area contributed by atoms with Crippen molar-refractivity contribution in [3.05, 3.63) is 29.8 Å². The standard InChI is InChI=1S/C17H27N3O2.2ClH/c1-12(14-9-18-10-14)17(21)19-11-16(20(2)3)13-6-5-7-15(8-13)22-4;;/h5-8,12,14,16,18H,9-11H2,1-4H3,(H,19,21);2*1H. The third-order valence-corrected chi connectivity index (χ3v) is 4.51. The third-order valence-electron chi connectivity index (χ3n) is 4.51. The normalized spacial score (nSPS) is 16.2. The number of hydrogen-bond donors (Lipinski definition) is 2. The van der Waals surface area contributed by atoms with Crippen molar-refractivity contribution in [2.45, 2.75) is 13.0 Å². The maximum atomic E-state index is 12.3. The zero-order valence-electron chi connectivity index (χ0n) is 14.7. The first-order valence-corrected chi connectivity index (χ1v) is 7.81. The molecule has 0 saturated carbocycles. The number of carbonyl (C=O) groups is 1. The fourth-order valence-corrected chi connectivity index (χ4v) is 2.68. The monoisotopic (exact) mass is 377 g/mol. The van der Waals surface area contributed by atoms with Gasteiger partial charge in [0.2, 0.25) is 5.91 Å². The second-order valence-corrected chi connectivity index (χ2v) is 6.21. The van der Waals surface area contributed by atoms with E-state index in [1.807, 2.05) is 39.2 Å². The quantitative estimate of drug-likeness (QED) is 0.763. The summed E-state index contributed by atoms with van der Waals surface area (Å²) in [6.45, 7) is 4.50. The van der Waals surface area contributed by atoms with Gasteiger partial charge in [-0.25, -0.2) is 0 Å². The van der Waals surface area contributed by atoms with Crippen LogP contribution >= 0.6 is 24.8 Å². The number of methoxy groups -OCH3 is 1. The first kappa shape index (κ1) is 23.0. The number of rotatable bonds is 7. The summed E-state index contributed by atoms with van der Waals surface area (Å²) in [5.74, 6) is 1.51. The van der Waals surface area contributed by atoms with Crippen LogP contribution in [0.3, 0.4) is 0 Å². The molecule has 1 aliphatic rings. The first-order valence-electron chi connectivity index (χ1n) is 7.81. The molecule has 0 aromatic heterocycles. The van der Waals surface area contributed by atoms with Crippen molar-refractivity contribution in [2.24, 2.45) is 11.8 Å². The zero-order chi connectivity index (χ0) is 16.1. The van der Waals surface area contributed by atoms with Crippen LogP contribution in [-0.2, 0) is 4.79 Å². The lowest BCUT2D eigenvalue weighted by atomic mass is 9.88. The van der Waals surface area contributed by atoms with E-state index in [9.17, 15) is 4.79 Å². The fourth-order valence-electron chi connectivity index (χ4n) is 2.68. The summed E-state index contributed by atoms with van der Waals surface area (Å²) < 4.78 is 5.29. The van der Waals surface area contributed by atoms with Gasteiger partial charge >= 0.3 is 0 Å². The number of benzene rings is 1. The second-order valence-electron chi connectivity index (χ2n) is 6.21. The predicted octanol–water partition coefficient (Wildman–Crippen LogP) is 2.11. The molecular weight excluding hydrogens is 349 g/mol. The molecule has 1 aliphatic heterocycles. The number of likely N-dealkylation sites (N-methyl/N-ethyl adjacent to an activating group) is 1. The zero-order valence-corrected chi connectivity index (χ0v) is 16.4. The van der Waals surface area contributed by atoms with E-state index in [1.165, 1.54) is 0 Å². The smallest absolute Gasteiger partial charge is 0.223 e. The van der Waals surface area contributed by atoms with Crippen LogP contribution in [0.1, 0.15) is 18.5 Å². The highest BCUT2D eigenvalue weighted by Crippen LogP contribution is 2.22. The van der Waals surface area contributed by atoms with E-state index in [4.69, 9.17) is 4.74 Å². The Morgan fingerprint density at radius 3 is 2.54 bits per heavy atom. The Morgan fingerprint density at radius 1 is 1.38 bits per heavy atom. The molecule has 138 valence electrons. The second kappa shape index (κ2) is 10.8. The maximum Gasteiger partial charge on any atom is 0.223 e. The van der Waals surface area contributed by atoms with Crippen LogP contribution in [0.4, 0.5) is 0 Å². The van der Waals surface area contributed by atoms with Crippen molar-refractivity contribution in [1.29, 1.82) is 0 Å². The van der Waals surface area contributed by atoms with E-state index < -0.39 is 0 Å². The number of carbonyl (C=O) groups excluding carboxylic acids is 1. The van der Waals surface area contributed by atoms with Crippen molar-refractivity contribution in [2.75, 3.05) is 40.8 Å². The highest BCUT2D eigenvalue weighted by Gasteiger charge is 2.29. The Balaban J connectivity index is 0.00000264. The highest BCUT2D eigenvalue weighted by atomic mass is 35.5. The molecule has 2 atom stereocenters. The number of nitrogens with zero attached hydrogens (tertiary/aromatic N) is 1. The van der Waals surface area contributed by atoms with Gasteiger partial charge < -0.3 is 20.3 Å². The van der Waals surface area contributed by atoms with Crippen LogP contribution in [0.5, 0.6) is 5.75 Å². The number of hydrogen-bond acceptors (Lipinski definition) is 4. The van der Waals surface area contributed by atoms with Crippen molar-refractivity contribution in [3.8, 4) is 5.75 Å². The van der Waals surface area contributed by atoms with Crippen molar-refractivity contribution < 1.29 is 9.53 Å². The fraction of sp³-hybridized carbons (Fsp3) is 0.588. The van der Waals surface area contributed by atoms with E-state index in [-0.39, 0.29) is 42.7 Å². The third kappa shape index (κ3) is 5.81. The molecule has 2 unspecified atom stereocenters. The molecule has 0 spiro atoms. The molecule has 5 nitrogen and oxygen atoms in total. The average Bonchev–Trinajstić information content (AvgIpc) is 2.45. The largest absolute Gasteiger partial charge is 0.497 e. The van der Waals surface area contributed by atoms with Crippen LogP contribution in [0, 0.1) is 11.8 Å². The van der Waals surface area contributed by atoms with Gasteiger partial charge in [-0.15, -0.1) is 24.8 Å². The van der Waals surface area contributed by atoms with E-state index in [1.54, 1.807) is 7.11 Å². The van der Waals surface area contributed by atoms with Crippen LogP contribution in [0.25, 0.3) is 0 Å². The van der Waals surface area contributed by atoms with Gasteiger partial charge in [-0.1, -0.05) is 19.1 Å². The minimum Gasteiger partial charge on any atom is -0.497 e. The van der Waals surface area contributed by atoms with Crippen molar-refractivity contribution in [3.63, 3.8) is 0 Å². The summed E-state index contributed by atoms with van der Waals surface area (Å²) >= 11 is 0. The highest BCUT2D eigenvalue weighted by molar-refractivity contribution is 5.85. The van der Waals surface area contributed by atoms with Gasteiger partial charge in [0.05, 0.1) is 13.2 Å². The lowest BCUT2D eigenvalue weighted by Crippen LogP contribution is -2.50. The van der Waals surface area contributed by atoms with Gasteiger partial charge in [0.25, 0.3) is 0 Å². The molecular formula is C17H29Cl2N3O2. The number of ether oxygens (including phenoxy) is 1. The van der Waals surface area contributed by atoms with Crippen LogP contribution < -0.4 is 15.4 Å². The van der Waals surface area contributed by atoms with Gasteiger partial charge in [0.15, 0.2) is 0 Å². The Bertz CT molecular complexity index is 510. The Hall–Kier alpha value is -1.01. The molecule has 0 aliphatic carbocycles. The average molecular weight is 378 g/mol. The molecule has 1 heterocycles. The Kier molecular flexibility index (Phi) is 10.3. The van der Waals surface area contributed by atoms with E-state index in [2.05, 4.69) is 21.6 Å². The summed E-state index contributed by atoms with van der Waals surface area (Å²) in [7, 11) is 5.71. The summed E-state index contributed by atoms with van der Waals surface area (Å²) in [5.41, 5.74) is 1.14. The minimum absolute atomic E-state index is 0. The minimum atomic E-state index is 0. The van der Waals surface area contributed by atoms with Crippen molar-refractivity contribution >= 4 is 30.7 Å². The van der Waals surface area contributed by atoms with Gasteiger partial charge in [-0.2, -0.15) is 0 Å². The topological polar surface area (TPSA) is 53.6 Å². The Labute approximate surface area is 157 Å². The summed E-state index contributed by atoms with van der Waals surface area (Å²) in [4.78, 5) is 14.4. The molecule has 1 aromatic carbocycles. The molecule has 2 rings (SSSR count). The number of nitrogens with one attached hydrogen (secondary N) is 2. The molecule has 1 fully saturated rings.